The lowest BCUT2D eigenvalue weighted by Crippen LogP contribution is -2.10. The first kappa shape index (κ1) is 20.7. The number of halogens is 1. The second-order valence-electron chi connectivity index (χ2n) is 7.83. The summed E-state index contributed by atoms with van der Waals surface area (Å²) in [5, 5.41) is 4.33. The molecule has 0 aliphatic heterocycles. The van der Waals surface area contributed by atoms with E-state index in [1.165, 1.54) is 16.9 Å². The van der Waals surface area contributed by atoms with E-state index >= 15 is 0 Å². The summed E-state index contributed by atoms with van der Waals surface area (Å²) in [6, 6.07) is 21.4. The van der Waals surface area contributed by atoms with E-state index in [0.717, 1.165) is 33.2 Å². The number of amides is 1. The van der Waals surface area contributed by atoms with Crippen molar-refractivity contribution in [1.29, 1.82) is 0 Å². The number of thiophene rings is 1. The number of nitrogens with zero attached hydrogens (tertiary/aromatic N) is 1. The Morgan fingerprint density at radius 1 is 1.12 bits per heavy atom. The number of aromatic nitrogens is 1. The highest BCUT2D eigenvalue weighted by Crippen LogP contribution is 2.36. The van der Waals surface area contributed by atoms with Crippen LogP contribution < -0.4 is 5.32 Å². The second-order valence-corrected chi connectivity index (χ2v) is 9.26. The lowest BCUT2D eigenvalue weighted by atomic mass is 9.98. The molecule has 6 heteroatoms. The fourth-order valence-corrected chi connectivity index (χ4v) is 5.10. The zero-order valence-corrected chi connectivity index (χ0v) is 19.3. The van der Waals surface area contributed by atoms with Gasteiger partial charge in [-0.3, -0.25) is 4.79 Å². The van der Waals surface area contributed by atoms with E-state index in [1.807, 2.05) is 54.6 Å². The van der Waals surface area contributed by atoms with Crippen LogP contribution in [0.1, 0.15) is 41.4 Å². The number of oxazole rings is 1. The van der Waals surface area contributed by atoms with Crippen LogP contribution in [-0.4, -0.2) is 10.9 Å². The normalized spacial score (nSPS) is 12.3. The molecule has 0 aliphatic rings. The van der Waals surface area contributed by atoms with Crippen LogP contribution >= 0.6 is 22.9 Å². The number of hydrogen-bond donors (Lipinski definition) is 1. The molecule has 2 heterocycles. The summed E-state index contributed by atoms with van der Waals surface area (Å²) in [7, 11) is 0. The van der Waals surface area contributed by atoms with E-state index in [4.69, 9.17) is 16.0 Å². The molecule has 5 aromatic rings. The maximum Gasteiger partial charge on any atom is 0.267 e. The Morgan fingerprint density at radius 3 is 2.78 bits per heavy atom. The van der Waals surface area contributed by atoms with E-state index in [9.17, 15) is 4.79 Å². The summed E-state index contributed by atoms with van der Waals surface area (Å²) in [5.74, 6) is 0.764. The number of anilines is 1. The van der Waals surface area contributed by atoms with E-state index in [-0.39, 0.29) is 5.91 Å². The zero-order valence-electron chi connectivity index (χ0n) is 17.7. The second kappa shape index (κ2) is 8.41. The molecule has 32 heavy (non-hydrogen) atoms. The van der Waals surface area contributed by atoms with Gasteiger partial charge in [0.2, 0.25) is 5.89 Å². The molecule has 0 radical (unpaired) electrons. The minimum Gasteiger partial charge on any atom is -0.436 e. The topological polar surface area (TPSA) is 55.1 Å². The third-order valence-electron chi connectivity index (χ3n) is 5.70. The van der Waals surface area contributed by atoms with Crippen molar-refractivity contribution in [2.45, 2.75) is 26.2 Å². The van der Waals surface area contributed by atoms with E-state index < -0.39 is 0 Å². The van der Waals surface area contributed by atoms with Crippen LogP contribution in [0.4, 0.5) is 5.69 Å². The predicted molar refractivity (Wildman–Crippen MR) is 133 cm³/mol. The molecule has 1 amide bonds. The third kappa shape index (κ3) is 3.78. The Balaban J connectivity index is 1.43. The molecule has 0 saturated heterocycles. The van der Waals surface area contributed by atoms with E-state index in [0.29, 0.717) is 27.4 Å². The van der Waals surface area contributed by atoms with Crippen molar-refractivity contribution in [1.82, 2.24) is 4.98 Å². The number of benzene rings is 3. The van der Waals surface area contributed by atoms with Gasteiger partial charge in [0.15, 0.2) is 5.58 Å². The Bertz CT molecular complexity index is 1450. The average Bonchev–Trinajstić information content (AvgIpc) is 3.40. The zero-order chi connectivity index (χ0) is 22.2. The first-order chi connectivity index (χ1) is 15.5. The van der Waals surface area contributed by atoms with Crippen LogP contribution in [0.3, 0.4) is 0 Å². The highest BCUT2D eigenvalue weighted by molar-refractivity contribution is 7.21. The molecular formula is C26H21ClN2O2S. The molecule has 160 valence electrons. The number of carbonyl (C=O) groups excluding carboxylic acids is 1. The van der Waals surface area contributed by atoms with Crippen LogP contribution in [0, 0.1) is 0 Å². The van der Waals surface area contributed by atoms with Gasteiger partial charge in [-0.25, -0.2) is 4.98 Å². The van der Waals surface area contributed by atoms with Gasteiger partial charge in [-0.1, -0.05) is 55.8 Å². The van der Waals surface area contributed by atoms with Crippen molar-refractivity contribution in [2.75, 3.05) is 5.32 Å². The maximum atomic E-state index is 12.9. The number of carbonyl (C=O) groups is 1. The fraction of sp³-hybridized carbons (Fsp3) is 0.154. The molecule has 1 atom stereocenters. The van der Waals surface area contributed by atoms with Gasteiger partial charge in [0.25, 0.3) is 5.91 Å². The fourth-order valence-electron chi connectivity index (χ4n) is 3.69. The summed E-state index contributed by atoms with van der Waals surface area (Å²) in [6.45, 7) is 4.38. The number of hydrogen-bond acceptors (Lipinski definition) is 4. The Morgan fingerprint density at radius 2 is 1.97 bits per heavy atom. The summed E-state index contributed by atoms with van der Waals surface area (Å²) >= 11 is 7.85. The quantitative estimate of drug-likeness (QED) is 0.288. The molecule has 1 N–H and O–H groups in total. The van der Waals surface area contributed by atoms with Gasteiger partial charge in [0.1, 0.15) is 10.4 Å². The molecule has 4 nitrogen and oxygen atoms in total. The molecule has 0 bridgehead atoms. The van der Waals surface area contributed by atoms with Crippen LogP contribution in [0.15, 0.2) is 71.1 Å². The predicted octanol–water partition coefficient (Wildman–Crippen LogP) is 8.13. The molecule has 3 aromatic carbocycles. The van der Waals surface area contributed by atoms with Crippen LogP contribution in [0.2, 0.25) is 5.02 Å². The van der Waals surface area contributed by atoms with Crippen molar-refractivity contribution in [3.8, 4) is 11.5 Å². The summed E-state index contributed by atoms with van der Waals surface area (Å²) in [6.07, 6.45) is 1.07. The van der Waals surface area contributed by atoms with Crippen LogP contribution in [0.5, 0.6) is 0 Å². The van der Waals surface area contributed by atoms with E-state index in [1.54, 1.807) is 0 Å². The first-order valence-corrected chi connectivity index (χ1v) is 11.7. The number of rotatable bonds is 5. The molecule has 1 unspecified atom stereocenters. The smallest absolute Gasteiger partial charge is 0.267 e. The number of nitrogens with one attached hydrogen (secondary N) is 1. The van der Waals surface area contributed by atoms with Crippen molar-refractivity contribution in [2.24, 2.45) is 0 Å². The lowest BCUT2D eigenvalue weighted by Gasteiger charge is -2.07. The van der Waals surface area contributed by atoms with Crippen LogP contribution in [0.25, 0.3) is 32.6 Å². The Kier molecular flexibility index (Phi) is 5.45. The minimum absolute atomic E-state index is 0.232. The van der Waals surface area contributed by atoms with Crippen molar-refractivity contribution >= 4 is 55.7 Å². The molecule has 2 aromatic heterocycles. The largest absolute Gasteiger partial charge is 0.436 e. The first-order valence-electron chi connectivity index (χ1n) is 10.5. The maximum absolute atomic E-state index is 12.9. The van der Waals surface area contributed by atoms with Crippen molar-refractivity contribution in [3.05, 3.63) is 82.2 Å². The molecular weight excluding hydrogens is 440 g/mol. The third-order valence-corrected chi connectivity index (χ3v) is 7.38. The van der Waals surface area contributed by atoms with E-state index in [2.05, 4.69) is 36.3 Å². The molecule has 0 fully saturated rings. The van der Waals surface area contributed by atoms with Crippen LogP contribution in [-0.2, 0) is 0 Å². The SMILES string of the molecule is CCC(C)c1ccc2oc(-c3cccc(NC(=O)c4sc5ccccc5c4Cl)c3)nc2c1. The summed E-state index contributed by atoms with van der Waals surface area (Å²) < 4.78 is 6.97. The molecule has 0 spiro atoms. The van der Waals surface area contributed by atoms with Gasteiger partial charge in [-0.05, 0) is 54.3 Å². The van der Waals surface area contributed by atoms with Gasteiger partial charge >= 0.3 is 0 Å². The summed E-state index contributed by atoms with van der Waals surface area (Å²) in [5.41, 5.74) is 4.29. The monoisotopic (exact) mass is 460 g/mol. The van der Waals surface area contributed by atoms with Gasteiger partial charge < -0.3 is 9.73 Å². The average molecular weight is 461 g/mol. The van der Waals surface area contributed by atoms with Gasteiger partial charge in [0, 0.05) is 21.3 Å². The van der Waals surface area contributed by atoms with Crippen molar-refractivity contribution < 1.29 is 9.21 Å². The van der Waals surface area contributed by atoms with Gasteiger partial charge in [-0.2, -0.15) is 0 Å². The van der Waals surface area contributed by atoms with Gasteiger partial charge in [-0.15, -0.1) is 11.3 Å². The van der Waals surface area contributed by atoms with Gasteiger partial charge in [0.05, 0.1) is 5.02 Å². The molecule has 5 rings (SSSR count). The Hall–Kier alpha value is -3.15. The summed E-state index contributed by atoms with van der Waals surface area (Å²) in [4.78, 5) is 18.1. The number of fused-ring (bicyclic) bond motifs is 2. The standard InChI is InChI=1S/C26H21ClN2O2S/c1-3-15(2)16-11-12-21-20(14-16)29-26(31-21)17-7-6-8-18(13-17)28-25(30)24-23(27)19-9-4-5-10-22(19)32-24/h4-15H,3H2,1-2H3,(H,28,30). The minimum atomic E-state index is -0.232. The molecule has 0 aliphatic carbocycles. The Labute approximate surface area is 194 Å². The molecule has 0 saturated carbocycles. The highest BCUT2D eigenvalue weighted by atomic mass is 35.5. The lowest BCUT2D eigenvalue weighted by molar-refractivity contribution is 0.103. The van der Waals surface area contributed by atoms with Crippen molar-refractivity contribution in [3.63, 3.8) is 0 Å². The highest BCUT2D eigenvalue weighted by Gasteiger charge is 2.18.